The first kappa shape index (κ1) is 9.14. The zero-order valence-electron chi connectivity index (χ0n) is 6.54. The Morgan fingerprint density at radius 2 is 2.33 bits per heavy atom. The van der Waals surface area contributed by atoms with Gasteiger partial charge in [-0.25, -0.2) is 4.98 Å². The van der Waals surface area contributed by atoms with E-state index in [0.717, 1.165) is 6.26 Å². The zero-order valence-corrected chi connectivity index (χ0v) is 7.36. The Bertz CT molecular complexity index is 318. The van der Waals surface area contributed by atoms with Crippen LogP contribution in [0.5, 0.6) is 0 Å². The van der Waals surface area contributed by atoms with Crippen molar-refractivity contribution in [2.45, 2.75) is 6.54 Å². The fraction of sp³-hybridized carbons (Fsp3) is 0.600. The number of hydrogen-bond acceptors (Lipinski definition) is 5. The van der Waals surface area contributed by atoms with Gasteiger partial charge in [0, 0.05) is 0 Å². The Kier molecular flexibility index (Phi) is 2.77. The smallest absolute Gasteiger partial charge is 0.264 e. The van der Waals surface area contributed by atoms with Crippen molar-refractivity contribution < 1.29 is 12.6 Å². The predicted molar refractivity (Wildman–Crippen MR) is 40.8 cm³/mol. The van der Waals surface area contributed by atoms with Crippen LogP contribution in [0.15, 0.2) is 12.7 Å². The molecule has 12 heavy (non-hydrogen) atoms. The highest BCUT2D eigenvalue weighted by Crippen LogP contribution is 1.88. The summed E-state index contributed by atoms with van der Waals surface area (Å²) in [6.07, 6.45) is 3.88. The van der Waals surface area contributed by atoms with Crippen LogP contribution in [0, 0.1) is 0 Å². The first-order valence-electron chi connectivity index (χ1n) is 3.25. The average molecular weight is 191 g/mol. The van der Waals surface area contributed by atoms with Gasteiger partial charge in [0.15, 0.2) is 0 Å². The Labute approximate surface area is 70.3 Å². The summed E-state index contributed by atoms with van der Waals surface area (Å²) < 4.78 is 27.0. The molecule has 1 aromatic heterocycles. The number of hydrogen-bond donors (Lipinski definition) is 0. The zero-order chi connectivity index (χ0) is 9.03. The second kappa shape index (κ2) is 3.63. The summed E-state index contributed by atoms with van der Waals surface area (Å²) in [7, 11) is -3.34. The van der Waals surface area contributed by atoms with Gasteiger partial charge in [0.25, 0.3) is 10.1 Å². The van der Waals surface area contributed by atoms with Gasteiger partial charge in [-0.2, -0.15) is 13.5 Å². The van der Waals surface area contributed by atoms with Crippen molar-refractivity contribution >= 4 is 10.1 Å². The van der Waals surface area contributed by atoms with Crippen LogP contribution in [0.2, 0.25) is 0 Å². The minimum atomic E-state index is -3.34. The van der Waals surface area contributed by atoms with Crippen molar-refractivity contribution in [3.8, 4) is 0 Å². The molecule has 1 rings (SSSR count). The first-order chi connectivity index (χ1) is 5.58. The van der Waals surface area contributed by atoms with E-state index in [-0.39, 0.29) is 6.61 Å². The predicted octanol–water partition coefficient (Wildman–Crippen LogP) is -0.746. The normalized spacial score (nSPS) is 11.8. The molecule has 68 valence electrons. The lowest BCUT2D eigenvalue weighted by molar-refractivity contribution is 0.297. The van der Waals surface area contributed by atoms with Crippen LogP contribution in [0.1, 0.15) is 0 Å². The molecule has 0 fully saturated rings. The highest BCUT2D eigenvalue weighted by molar-refractivity contribution is 7.85. The lowest BCUT2D eigenvalue weighted by atomic mass is 10.7. The van der Waals surface area contributed by atoms with Crippen LogP contribution >= 0.6 is 0 Å². The van der Waals surface area contributed by atoms with E-state index < -0.39 is 10.1 Å². The SMILES string of the molecule is CS(=O)(=O)OCCn1cncn1. The van der Waals surface area contributed by atoms with Crippen LogP contribution in [-0.4, -0.2) is 36.0 Å². The van der Waals surface area contributed by atoms with E-state index in [1.54, 1.807) is 0 Å². The van der Waals surface area contributed by atoms with Crippen LogP contribution in [-0.2, 0) is 20.8 Å². The molecular formula is C5H9N3O3S. The Morgan fingerprint density at radius 3 is 2.83 bits per heavy atom. The summed E-state index contributed by atoms with van der Waals surface area (Å²) in [5.41, 5.74) is 0. The van der Waals surface area contributed by atoms with E-state index in [9.17, 15) is 8.42 Å². The van der Waals surface area contributed by atoms with Crippen molar-refractivity contribution in [3.05, 3.63) is 12.7 Å². The van der Waals surface area contributed by atoms with Gasteiger partial charge >= 0.3 is 0 Å². The van der Waals surface area contributed by atoms with Gasteiger partial charge in [0.05, 0.1) is 19.4 Å². The molecule has 0 bridgehead atoms. The quantitative estimate of drug-likeness (QED) is 0.586. The lowest BCUT2D eigenvalue weighted by Gasteiger charge is -1.99. The number of rotatable bonds is 4. The summed E-state index contributed by atoms with van der Waals surface area (Å²) in [5, 5.41) is 3.77. The van der Waals surface area contributed by atoms with Crippen molar-refractivity contribution in [1.29, 1.82) is 0 Å². The van der Waals surface area contributed by atoms with Gasteiger partial charge in [0.1, 0.15) is 12.7 Å². The molecule has 0 aromatic carbocycles. The molecule has 0 aliphatic heterocycles. The second-order valence-corrected chi connectivity index (χ2v) is 3.83. The van der Waals surface area contributed by atoms with Gasteiger partial charge in [0.2, 0.25) is 0 Å². The average Bonchev–Trinajstić information content (AvgIpc) is 2.36. The molecule has 0 aliphatic carbocycles. The second-order valence-electron chi connectivity index (χ2n) is 2.18. The molecule has 1 heterocycles. The summed E-state index contributed by atoms with van der Waals surface area (Å²) in [4.78, 5) is 3.68. The molecule has 0 radical (unpaired) electrons. The molecule has 0 spiro atoms. The van der Waals surface area contributed by atoms with Crippen LogP contribution in [0.25, 0.3) is 0 Å². The Morgan fingerprint density at radius 1 is 1.58 bits per heavy atom. The largest absolute Gasteiger partial charge is 0.268 e. The molecule has 1 aromatic rings. The Balaban J connectivity index is 2.29. The summed E-state index contributed by atoms with van der Waals surface area (Å²) >= 11 is 0. The standard InChI is InChI=1S/C5H9N3O3S/c1-12(9,10)11-3-2-8-5-6-4-7-8/h4-5H,2-3H2,1H3. The summed E-state index contributed by atoms with van der Waals surface area (Å²) in [6.45, 7) is 0.468. The van der Waals surface area contributed by atoms with Crippen molar-refractivity contribution in [3.63, 3.8) is 0 Å². The third kappa shape index (κ3) is 3.44. The maximum absolute atomic E-state index is 10.5. The minimum absolute atomic E-state index is 0.0855. The highest BCUT2D eigenvalue weighted by atomic mass is 32.2. The summed E-state index contributed by atoms with van der Waals surface area (Å²) in [6, 6.07) is 0. The summed E-state index contributed by atoms with van der Waals surface area (Å²) in [5.74, 6) is 0. The molecule has 0 saturated carbocycles. The molecule has 0 atom stereocenters. The van der Waals surface area contributed by atoms with Crippen LogP contribution in [0.3, 0.4) is 0 Å². The van der Waals surface area contributed by atoms with E-state index in [1.807, 2.05) is 0 Å². The first-order valence-corrected chi connectivity index (χ1v) is 5.06. The van der Waals surface area contributed by atoms with Gasteiger partial charge in [-0.3, -0.25) is 8.86 Å². The molecule has 6 nitrogen and oxygen atoms in total. The number of nitrogens with zero attached hydrogens (tertiary/aromatic N) is 3. The molecule has 0 N–H and O–H groups in total. The molecule has 0 aliphatic rings. The maximum Gasteiger partial charge on any atom is 0.264 e. The van der Waals surface area contributed by atoms with E-state index in [2.05, 4.69) is 14.3 Å². The lowest BCUT2D eigenvalue weighted by Crippen LogP contribution is -2.10. The monoisotopic (exact) mass is 191 g/mol. The minimum Gasteiger partial charge on any atom is -0.268 e. The number of aromatic nitrogens is 3. The Hall–Kier alpha value is -0.950. The molecule has 0 unspecified atom stereocenters. The van der Waals surface area contributed by atoms with E-state index >= 15 is 0 Å². The maximum atomic E-state index is 10.5. The van der Waals surface area contributed by atoms with Crippen LogP contribution in [0.4, 0.5) is 0 Å². The fourth-order valence-electron chi connectivity index (χ4n) is 0.630. The third-order valence-electron chi connectivity index (χ3n) is 1.08. The molecular weight excluding hydrogens is 182 g/mol. The molecule has 7 heteroatoms. The van der Waals surface area contributed by atoms with Gasteiger partial charge in [-0.1, -0.05) is 0 Å². The van der Waals surface area contributed by atoms with Crippen molar-refractivity contribution in [1.82, 2.24) is 14.8 Å². The molecule has 0 saturated heterocycles. The van der Waals surface area contributed by atoms with Gasteiger partial charge < -0.3 is 0 Å². The molecule has 0 amide bonds. The topological polar surface area (TPSA) is 74.1 Å². The van der Waals surface area contributed by atoms with Crippen molar-refractivity contribution in [2.24, 2.45) is 0 Å². The van der Waals surface area contributed by atoms with Gasteiger partial charge in [-0.15, -0.1) is 0 Å². The van der Waals surface area contributed by atoms with Crippen LogP contribution < -0.4 is 0 Å². The fourth-order valence-corrected chi connectivity index (χ4v) is 1.01. The third-order valence-corrected chi connectivity index (χ3v) is 1.68. The van der Waals surface area contributed by atoms with E-state index in [0.29, 0.717) is 6.54 Å². The van der Waals surface area contributed by atoms with Crippen molar-refractivity contribution in [2.75, 3.05) is 12.9 Å². The van der Waals surface area contributed by atoms with Gasteiger partial charge in [-0.05, 0) is 0 Å². The highest BCUT2D eigenvalue weighted by Gasteiger charge is 2.00. The van der Waals surface area contributed by atoms with E-state index in [1.165, 1.54) is 17.3 Å². The van der Waals surface area contributed by atoms with E-state index in [4.69, 9.17) is 0 Å².